The molecule has 2 aromatic heterocycles. The number of anilines is 1. The van der Waals surface area contributed by atoms with E-state index in [0.29, 0.717) is 10.8 Å². The quantitative estimate of drug-likeness (QED) is 0.518. The van der Waals surface area contributed by atoms with Gasteiger partial charge in [0.25, 0.3) is 0 Å². The van der Waals surface area contributed by atoms with Crippen LogP contribution in [0, 0.1) is 5.82 Å². The van der Waals surface area contributed by atoms with Crippen LogP contribution in [0.25, 0.3) is 22.1 Å². The van der Waals surface area contributed by atoms with Crippen LogP contribution in [0.15, 0.2) is 47.6 Å². The van der Waals surface area contributed by atoms with Crippen molar-refractivity contribution in [2.75, 3.05) is 11.1 Å². The maximum absolute atomic E-state index is 12.9. The molecule has 0 unspecified atom stereocenters. The fraction of sp³-hybridized carbons (Fsp3) is 0.200. The Morgan fingerprint density at radius 1 is 1.18 bits per heavy atom. The molecule has 28 heavy (non-hydrogen) atoms. The number of benzene rings is 2. The molecule has 6 nitrogen and oxygen atoms in total. The number of aryl methyl sites for hydroxylation is 2. The van der Waals surface area contributed by atoms with Crippen molar-refractivity contribution in [3.63, 3.8) is 0 Å². The smallest absolute Gasteiger partial charge is 0.234 e. The van der Waals surface area contributed by atoms with Crippen LogP contribution < -0.4 is 5.32 Å². The third-order valence-corrected chi connectivity index (χ3v) is 5.35. The van der Waals surface area contributed by atoms with Crippen molar-refractivity contribution < 1.29 is 9.18 Å². The Labute approximate surface area is 165 Å². The first-order valence-electron chi connectivity index (χ1n) is 8.85. The molecule has 4 aromatic rings. The van der Waals surface area contributed by atoms with Gasteiger partial charge >= 0.3 is 0 Å². The Morgan fingerprint density at radius 2 is 1.96 bits per heavy atom. The van der Waals surface area contributed by atoms with E-state index in [1.165, 1.54) is 41.6 Å². The van der Waals surface area contributed by atoms with Gasteiger partial charge in [-0.25, -0.2) is 9.37 Å². The Kier molecular flexibility index (Phi) is 4.95. The number of carbonyl (C=O) groups is 1. The van der Waals surface area contributed by atoms with E-state index in [2.05, 4.69) is 45.6 Å². The second kappa shape index (κ2) is 7.55. The van der Waals surface area contributed by atoms with Gasteiger partial charge in [-0.3, -0.25) is 4.79 Å². The molecule has 8 heteroatoms. The fourth-order valence-corrected chi connectivity index (χ4v) is 3.61. The molecule has 0 bridgehead atoms. The number of thioether (sulfide) groups is 1. The van der Waals surface area contributed by atoms with Crippen molar-refractivity contribution in [3.05, 3.63) is 53.8 Å². The third-order valence-electron chi connectivity index (χ3n) is 4.51. The Balaban J connectivity index is 1.53. The van der Waals surface area contributed by atoms with Crippen molar-refractivity contribution in [2.45, 2.75) is 18.5 Å². The molecular weight excluding hydrogens is 377 g/mol. The Morgan fingerprint density at radius 3 is 2.71 bits per heavy atom. The van der Waals surface area contributed by atoms with Crippen LogP contribution in [0.4, 0.5) is 10.1 Å². The predicted octanol–water partition coefficient (Wildman–Crippen LogP) is 3.95. The lowest BCUT2D eigenvalue weighted by atomic mass is 10.1. The Hall–Kier alpha value is -3.00. The van der Waals surface area contributed by atoms with Gasteiger partial charge < -0.3 is 9.88 Å². The van der Waals surface area contributed by atoms with Crippen molar-refractivity contribution in [1.82, 2.24) is 19.7 Å². The molecule has 1 amide bonds. The van der Waals surface area contributed by atoms with E-state index in [0.717, 1.165) is 28.5 Å². The lowest BCUT2D eigenvalue weighted by Gasteiger charge is -2.04. The highest BCUT2D eigenvalue weighted by atomic mass is 32.2. The number of hydrogen-bond donors (Lipinski definition) is 1. The van der Waals surface area contributed by atoms with Gasteiger partial charge in [-0.1, -0.05) is 24.8 Å². The molecule has 142 valence electrons. The maximum atomic E-state index is 12.9. The average Bonchev–Trinajstić information content (AvgIpc) is 2.99. The number of carbonyl (C=O) groups excluding carboxylic acids is 1. The number of aromatic nitrogens is 4. The predicted molar refractivity (Wildman–Crippen MR) is 109 cm³/mol. The Bertz CT molecular complexity index is 1170. The van der Waals surface area contributed by atoms with E-state index >= 15 is 0 Å². The normalized spacial score (nSPS) is 11.2. The van der Waals surface area contributed by atoms with Gasteiger partial charge in [0.15, 0.2) is 5.65 Å². The summed E-state index contributed by atoms with van der Waals surface area (Å²) in [6.07, 6.45) is 0.949. The fourth-order valence-electron chi connectivity index (χ4n) is 3.03. The SMILES string of the molecule is CCc1ccc2c(c1)c1nnc(SCC(=O)Nc3ccc(F)cc3)nc1n2C. The van der Waals surface area contributed by atoms with E-state index in [4.69, 9.17) is 0 Å². The lowest BCUT2D eigenvalue weighted by molar-refractivity contribution is -0.113. The first-order chi connectivity index (χ1) is 13.5. The second-order valence-corrected chi connectivity index (χ2v) is 7.32. The number of rotatable bonds is 5. The van der Waals surface area contributed by atoms with Crippen LogP contribution in [0.3, 0.4) is 0 Å². The van der Waals surface area contributed by atoms with Crippen LogP contribution >= 0.6 is 11.8 Å². The van der Waals surface area contributed by atoms with Crippen LogP contribution in [0.1, 0.15) is 12.5 Å². The topological polar surface area (TPSA) is 72.7 Å². The zero-order valence-electron chi connectivity index (χ0n) is 15.4. The molecule has 4 rings (SSSR count). The number of nitrogens with zero attached hydrogens (tertiary/aromatic N) is 4. The monoisotopic (exact) mass is 395 g/mol. The summed E-state index contributed by atoms with van der Waals surface area (Å²) in [6.45, 7) is 2.11. The highest BCUT2D eigenvalue weighted by Gasteiger charge is 2.14. The molecule has 0 fully saturated rings. The van der Waals surface area contributed by atoms with Gasteiger partial charge in [-0.15, -0.1) is 10.2 Å². The maximum Gasteiger partial charge on any atom is 0.234 e. The van der Waals surface area contributed by atoms with E-state index in [9.17, 15) is 9.18 Å². The van der Waals surface area contributed by atoms with E-state index in [1.807, 2.05) is 11.6 Å². The summed E-state index contributed by atoms with van der Waals surface area (Å²) < 4.78 is 14.9. The lowest BCUT2D eigenvalue weighted by Crippen LogP contribution is -2.14. The molecule has 0 saturated heterocycles. The molecule has 0 radical (unpaired) electrons. The number of halogens is 1. The molecule has 0 atom stereocenters. The van der Waals surface area contributed by atoms with Crippen molar-refractivity contribution in [1.29, 1.82) is 0 Å². The average molecular weight is 395 g/mol. The summed E-state index contributed by atoms with van der Waals surface area (Å²) in [4.78, 5) is 16.7. The van der Waals surface area contributed by atoms with Crippen LogP contribution in [-0.2, 0) is 18.3 Å². The summed E-state index contributed by atoms with van der Waals surface area (Å²) >= 11 is 1.21. The van der Waals surface area contributed by atoms with E-state index in [1.54, 1.807) is 0 Å². The van der Waals surface area contributed by atoms with Gasteiger partial charge in [-0.05, 0) is 48.4 Å². The van der Waals surface area contributed by atoms with Crippen LogP contribution in [0.5, 0.6) is 0 Å². The summed E-state index contributed by atoms with van der Waals surface area (Å²) in [7, 11) is 1.95. The van der Waals surface area contributed by atoms with Gasteiger partial charge in [0, 0.05) is 18.1 Å². The summed E-state index contributed by atoms with van der Waals surface area (Å²) in [5.41, 5.74) is 4.32. The highest BCUT2D eigenvalue weighted by Crippen LogP contribution is 2.27. The molecule has 0 aliphatic heterocycles. The highest BCUT2D eigenvalue weighted by molar-refractivity contribution is 7.99. The number of nitrogens with one attached hydrogen (secondary N) is 1. The molecular formula is C20H18FN5OS. The number of hydrogen-bond acceptors (Lipinski definition) is 5. The molecule has 2 heterocycles. The van der Waals surface area contributed by atoms with Crippen LogP contribution in [0.2, 0.25) is 0 Å². The zero-order valence-corrected chi connectivity index (χ0v) is 16.3. The first kappa shape index (κ1) is 18.4. The van der Waals surface area contributed by atoms with E-state index in [-0.39, 0.29) is 17.5 Å². The van der Waals surface area contributed by atoms with Crippen molar-refractivity contribution in [3.8, 4) is 0 Å². The largest absolute Gasteiger partial charge is 0.327 e. The number of fused-ring (bicyclic) bond motifs is 3. The molecule has 0 aliphatic carbocycles. The van der Waals surface area contributed by atoms with Crippen molar-refractivity contribution in [2.24, 2.45) is 7.05 Å². The summed E-state index contributed by atoms with van der Waals surface area (Å²) in [6, 6.07) is 11.9. The minimum Gasteiger partial charge on any atom is -0.327 e. The molecule has 0 aliphatic rings. The standard InChI is InChI=1S/C20H18FN5OS/c1-3-12-4-9-16-15(10-12)18-19(26(16)2)23-20(25-24-18)28-11-17(27)22-14-7-5-13(21)6-8-14/h4-10H,3,11H2,1-2H3,(H,22,27). The summed E-state index contributed by atoms with van der Waals surface area (Å²) in [5.74, 6) is -0.430. The second-order valence-electron chi connectivity index (χ2n) is 6.37. The molecule has 1 N–H and O–H groups in total. The van der Waals surface area contributed by atoms with E-state index < -0.39 is 0 Å². The minimum absolute atomic E-state index is 0.133. The number of amides is 1. The minimum atomic E-state index is -0.346. The molecule has 0 spiro atoms. The third kappa shape index (κ3) is 3.55. The van der Waals surface area contributed by atoms with Gasteiger partial charge in [0.2, 0.25) is 11.1 Å². The zero-order chi connectivity index (χ0) is 19.7. The van der Waals surface area contributed by atoms with Crippen molar-refractivity contribution >= 4 is 45.4 Å². The first-order valence-corrected chi connectivity index (χ1v) is 9.83. The molecule has 0 saturated carbocycles. The van der Waals surface area contributed by atoms with Gasteiger partial charge in [0.1, 0.15) is 11.3 Å². The molecule has 2 aromatic carbocycles. The summed E-state index contributed by atoms with van der Waals surface area (Å²) in [5, 5.41) is 12.7. The van der Waals surface area contributed by atoms with Gasteiger partial charge in [-0.2, -0.15) is 0 Å². The van der Waals surface area contributed by atoms with Gasteiger partial charge in [0.05, 0.1) is 11.3 Å². The van der Waals surface area contributed by atoms with Crippen LogP contribution in [-0.4, -0.2) is 31.4 Å².